The summed E-state index contributed by atoms with van der Waals surface area (Å²) in [6.07, 6.45) is 3.93. The third kappa shape index (κ3) is 2.65. The van der Waals surface area contributed by atoms with Gasteiger partial charge >= 0.3 is 6.03 Å². The van der Waals surface area contributed by atoms with Crippen molar-refractivity contribution in [3.8, 4) is 0 Å². The van der Waals surface area contributed by atoms with Gasteiger partial charge in [0.1, 0.15) is 0 Å². The Bertz CT molecular complexity index is 230. The second kappa shape index (κ2) is 4.43. The zero-order valence-corrected chi connectivity index (χ0v) is 7.08. The number of amides is 2. The monoisotopic (exact) mass is 167 g/mol. The van der Waals surface area contributed by atoms with Crippen molar-refractivity contribution >= 4 is 6.03 Å². The first-order valence-electron chi connectivity index (χ1n) is 3.89. The highest BCUT2D eigenvalue weighted by Gasteiger charge is 1.93. The molecule has 0 aliphatic rings. The van der Waals surface area contributed by atoms with Crippen molar-refractivity contribution < 1.29 is 4.79 Å². The molecule has 1 aromatic heterocycles. The average molecular weight is 167 g/mol. The van der Waals surface area contributed by atoms with Gasteiger partial charge in [0, 0.05) is 32.5 Å². The van der Waals surface area contributed by atoms with Crippen molar-refractivity contribution in [1.29, 1.82) is 0 Å². The standard InChI is InChI=1S/C8H13N3O/c1-9-8(12)10-4-7-11-5-2-3-6-11/h2-3,5-6H,4,7H2,1H3,(H2,9,10,12). The highest BCUT2D eigenvalue weighted by molar-refractivity contribution is 5.73. The summed E-state index contributed by atoms with van der Waals surface area (Å²) >= 11 is 0. The molecule has 0 aliphatic carbocycles. The van der Waals surface area contributed by atoms with E-state index in [9.17, 15) is 4.79 Å². The molecule has 0 spiro atoms. The van der Waals surface area contributed by atoms with Gasteiger partial charge in [0.25, 0.3) is 0 Å². The van der Waals surface area contributed by atoms with Gasteiger partial charge in [-0.05, 0) is 12.1 Å². The summed E-state index contributed by atoms with van der Waals surface area (Å²) in [5, 5.41) is 5.19. The molecule has 2 amide bonds. The van der Waals surface area contributed by atoms with E-state index in [1.165, 1.54) is 0 Å². The van der Waals surface area contributed by atoms with Gasteiger partial charge in [0.05, 0.1) is 0 Å². The summed E-state index contributed by atoms with van der Waals surface area (Å²) in [6.45, 7) is 1.45. The number of nitrogens with zero attached hydrogens (tertiary/aromatic N) is 1. The number of carbonyl (C=O) groups is 1. The minimum Gasteiger partial charge on any atom is -0.353 e. The fraction of sp³-hybridized carbons (Fsp3) is 0.375. The van der Waals surface area contributed by atoms with Crippen molar-refractivity contribution in [1.82, 2.24) is 15.2 Å². The number of nitrogens with one attached hydrogen (secondary N) is 2. The van der Waals surface area contributed by atoms with Crippen LogP contribution >= 0.6 is 0 Å². The van der Waals surface area contributed by atoms with Gasteiger partial charge in [0.15, 0.2) is 0 Å². The van der Waals surface area contributed by atoms with Crippen molar-refractivity contribution in [2.45, 2.75) is 6.54 Å². The molecule has 0 unspecified atom stereocenters. The predicted octanol–water partition coefficient (Wildman–Crippen LogP) is 0.417. The van der Waals surface area contributed by atoms with Crippen molar-refractivity contribution in [2.75, 3.05) is 13.6 Å². The van der Waals surface area contributed by atoms with Crippen LogP contribution in [0.3, 0.4) is 0 Å². The van der Waals surface area contributed by atoms with Crippen LogP contribution in [0.25, 0.3) is 0 Å². The Balaban J connectivity index is 2.15. The van der Waals surface area contributed by atoms with Crippen LogP contribution < -0.4 is 10.6 Å². The van der Waals surface area contributed by atoms with Crippen LogP contribution in [0.2, 0.25) is 0 Å². The molecule has 1 rings (SSSR count). The van der Waals surface area contributed by atoms with Gasteiger partial charge in [-0.25, -0.2) is 4.79 Å². The maximum atomic E-state index is 10.7. The topological polar surface area (TPSA) is 46.1 Å². The summed E-state index contributed by atoms with van der Waals surface area (Å²) in [6, 6.07) is 3.78. The first-order chi connectivity index (χ1) is 5.83. The Morgan fingerprint density at radius 1 is 1.42 bits per heavy atom. The van der Waals surface area contributed by atoms with E-state index in [0.29, 0.717) is 6.54 Å². The van der Waals surface area contributed by atoms with Crippen LogP contribution in [-0.4, -0.2) is 24.2 Å². The zero-order valence-electron chi connectivity index (χ0n) is 7.08. The van der Waals surface area contributed by atoms with Gasteiger partial charge in [-0.15, -0.1) is 0 Å². The molecular formula is C8H13N3O. The second-order valence-electron chi connectivity index (χ2n) is 2.43. The van der Waals surface area contributed by atoms with Gasteiger partial charge in [-0.2, -0.15) is 0 Å². The molecule has 2 N–H and O–H groups in total. The van der Waals surface area contributed by atoms with Crippen LogP contribution in [-0.2, 0) is 6.54 Å². The van der Waals surface area contributed by atoms with E-state index in [0.717, 1.165) is 6.54 Å². The molecule has 0 fully saturated rings. The van der Waals surface area contributed by atoms with E-state index >= 15 is 0 Å². The van der Waals surface area contributed by atoms with E-state index < -0.39 is 0 Å². The lowest BCUT2D eigenvalue weighted by molar-refractivity contribution is 0.242. The Labute approximate surface area is 71.6 Å². The van der Waals surface area contributed by atoms with Crippen molar-refractivity contribution in [3.63, 3.8) is 0 Å². The van der Waals surface area contributed by atoms with Crippen LogP contribution in [0.4, 0.5) is 4.79 Å². The molecule has 66 valence electrons. The Morgan fingerprint density at radius 2 is 2.08 bits per heavy atom. The van der Waals surface area contributed by atoms with Crippen LogP contribution in [0, 0.1) is 0 Å². The summed E-state index contributed by atoms with van der Waals surface area (Å²) in [7, 11) is 1.60. The van der Waals surface area contributed by atoms with Crippen LogP contribution in [0.15, 0.2) is 24.5 Å². The second-order valence-corrected chi connectivity index (χ2v) is 2.43. The van der Waals surface area contributed by atoms with Gasteiger partial charge in [-0.1, -0.05) is 0 Å². The zero-order chi connectivity index (χ0) is 8.81. The largest absolute Gasteiger partial charge is 0.353 e. The molecule has 0 atom stereocenters. The fourth-order valence-electron chi connectivity index (χ4n) is 0.906. The Kier molecular flexibility index (Phi) is 3.19. The molecule has 4 nitrogen and oxygen atoms in total. The number of hydrogen-bond acceptors (Lipinski definition) is 1. The normalized spacial score (nSPS) is 9.42. The molecule has 12 heavy (non-hydrogen) atoms. The van der Waals surface area contributed by atoms with E-state index in [-0.39, 0.29) is 6.03 Å². The molecular weight excluding hydrogens is 154 g/mol. The number of hydrogen-bond donors (Lipinski definition) is 2. The lowest BCUT2D eigenvalue weighted by Crippen LogP contribution is -2.34. The summed E-state index contributed by atoms with van der Waals surface area (Å²) in [5.74, 6) is 0. The van der Waals surface area contributed by atoms with Gasteiger partial charge < -0.3 is 15.2 Å². The number of carbonyl (C=O) groups excluding carboxylic acids is 1. The molecule has 0 saturated carbocycles. The molecule has 4 heteroatoms. The van der Waals surface area contributed by atoms with E-state index in [2.05, 4.69) is 10.6 Å². The van der Waals surface area contributed by atoms with Gasteiger partial charge in [0.2, 0.25) is 0 Å². The molecule has 0 bridgehead atoms. The number of aromatic nitrogens is 1. The number of urea groups is 1. The quantitative estimate of drug-likeness (QED) is 0.673. The van der Waals surface area contributed by atoms with Crippen LogP contribution in [0.5, 0.6) is 0 Å². The molecule has 0 aromatic carbocycles. The van der Waals surface area contributed by atoms with Crippen LogP contribution in [0.1, 0.15) is 0 Å². The summed E-state index contributed by atoms with van der Waals surface area (Å²) < 4.78 is 2.01. The maximum Gasteiger partial charge on any atom is 0.314 e. The van der Waals surface area contributed by atoms with Crippen molar-refractivity contribution in [3.05, 3.63) is 24.5 Å². The average Bonchev–Trinajstić information content (AvgIpc) is 2.57. The maximum absolute atomic E-state index is 10.7. The summed E-state index contributed by atoms with van der Waals surface area (Å²) in [4.78, 5) is 10.7. The predicted molar refractivity (Wildman–Crippen MR) is 46.9 cm³/mol. The minimum absolute atomic E-state index is 0.137. The third-order valence-electron chi connectivity index (χ3n) is 1.55. The minimum atomic E-state index is -0.137. The Morgan fingerprint density at radius 3 is 2.67 bits per heavy atom. The van der Waals surface area contributed by atoms with E-state index in [4.69, 9.17) is 0 Å². The first kappa shape index (κ1) is 8.64. The van der Waals surface area contributed by atoms with Gasteiger partial charge in [-0.3, -0.25) is 0 Å². The molecule has 0 radical (unpaired) electrons. The molecule has 1 aromatic rings. The van der Waals surface area contributed by atoms with E-state index in [1.807, 2.05) is 29.1 Å². The summed E-state index contributed by atoms with van der Waals surface area (Å²) in [5.41, 5.74) is 0. The highest BCUT2D eigenvalue weighted by atomic mass is 16.2. The first-order valence-corrected chi connectivity index (χ1v) is 3.89. The number of rotatable bonds is 3. The lowest BCUT2D eigenvalue weighted by atomic mass is 10.6. The lowest BCUT2D eigenvalue weighted by Gasteiger charge is -2.04. The molecule has 0 aliphatic heterocycles. The Hall–Kier alpha value is -1.45. The smallest absolute Gasteiger partial charge is 0.314 e. The van der Waals surface area contributed by atoms with E-state index in [1.54, 1.807) is 7.05 Å². The fourth-order valence-corrected chi connectivity index (χ4v) is 0.906. The molecule has 1 heterocycles. The SMILES string of the molecule is CNC(=O)NCCn1cccc1. The van der Waals surface area contributed by atoms with Crippen molar-refractivity contribution in [2.24, 2.45) is 0 Å². The highest BCUT2D eigenvalue weighted by Crippen LogP contribution is 1.87. The third-order valence-corrected chi connectivity index (χ3v) is 1.55. The molecule has 0 saturated heterocycles.